The third-order valence-corrected chi connectivity index (χ3v) is 9.13. The topological polar surface area (TPSA) is 180 Å². The molecule has 0 bridgehead atoms. The maximum Gasteiger partial charge on any atom is 0.231 e. The van der Waals surface area contributed by atoms with Gasteiger partial charge in [-0.05, 0) is 56.7 Å². The normalized spacial score (nSPS) is 22.3. The van der Waals surface area contributed by atoms with Gasteiger partial charge in [0, 0.05) is 24.3 Å². The molecular weight excluding hydrogens is 628 g/mol. The summed E-state index contributed by atoms with van der Waals surface area (Å²) in [5.41, 5.74) is 21.0. The van der Waals surface area contributed by atoms with Crippen molar-refractivity contribution in [2.45, 2.75) is 83.5 Å². The zero-order chi connectivity index (χ0) is 34.1. The van der Waals surface area contributed by atoms with Gasteiger partial charge in [-0.3, -0.25) is 0 Å². The first-order valence-electron chi connectivity index (χ1n) is 16.8. The Bertz CT molecular complexity index is 1820. The molecule has 0 aromatic heterocycles. The summed E-state index contributed by atoms with van der Waals surface area (Å²) in [5, 5.41) is 0. The van der Waals surface area contributed by atoms with Crippen LogP contribution in [-0.2, 0) is 0 Å². The lowest BCUT2D eigenvalue weighted by Crippen LogP contribution is -2.35. The fraction of sp³-hybridized carbons (Fsp3) is 0.417. The summed E-state index contributed by atoms with van der Waals surface area (Å²) < 4.78 is 38.1. The van der Waals surface area contributed by atoms with E-state index in [9.17, 15) is 0 Å². The van der Waals surface area contributed by atoms with Crippen LogP contribution in [-0.4, -0.2) is 49.4 Å². The van der Waals surface area contributed by atoms with Crippen LogP contribution in [0.25, 0.3) is 0 Å². The van der Waals surface area contributed by atoms with Gasteiger partial charge in [-0.1, -0.05) is 32.3 Å². The second-order valence-corrected chi connectivity index (χ2v) is 12.6. The van der Waals surface area contributed by atoms with Crippen molar-refractivity contribution in [1.29, 1.82) is 0 Å². The lowest BCUT2D eigenvalue weighted by atomic mass is 9.84. The molecule has 6 N–H and O–H groups in total. The number of amidine groups is 3. The van der Waals surface area contributed by atoms with E-state index in [-0.39, 0.29) is 31.9 Å². The van der Waals surface area contributed by atoms with Crippen molar-refractivity contribution in [2.75, 3.05) is 13.6 Å². The standard InChI is InChI=1S/C15H20N2O.C11H12N2O3.C10H10N2O3/c1-10-15(16)17-13-9-12(7-8-14(13)18-10)11-5-3-2-4-6-11;1-2-7-11(12)13-6-3-9-10(15-5-14-9)4-8(6)16-7;1-5-10(11)12-6-2-8-9(14-4-13-8)3-7(6)15-5/h7-11H,2-6H2,1H3,(H2,16,17);3-4,7H,2,5H2,1H3,(H2,12,13);2-3,5H,4H2,1H3,(H2,11,12). The molecule has 3 unspecified atom stereocenters. The molecule has 3 aromatic carbocycles. The van der Waals surface area contributed by atoms with Crippen molar-refractivity contribution in [1.82, 2.24) is 0 Å². The van der Waals surface area contributed by atoms with Crippen LogP contribution in [0.2, 0.25) is 0 Å². The van der Waals surface area contributed by atoms with Crippen LogP contribution < -0.4 is 50.4 Å². The highest BCUT2D eigenvalue weighted by molar-refractivity contribution is 5.91. The second-order valence-electron chi connectivity index (χ2n) is 12.6. The van der Waals surface area contributed by atoms with E-state index in [4.69, 9.17) is 50.4 Å². The molecule has 5 heterocycles. The number of hydrogen-bond acceptors (Lipinski definition) is 13. The van der Waals surface area contributed by atoms with Crippen LogP contribution in [0.3, 0.4) is 0 Å². The summed E-state index contributed by atoms with van der Waals surface area (Å²) in [7, 11) is 0. The Morgan fingerprint density at radius 3 is 1.63 bits per heavy atom. The van der Waals surface area contributed by atoms with E-state index in [1.54, 1.807) is 24.3 Å². The van der Waals surface area contributed by atoms with E-state index >= 15 is 0 Å². The number of fused-ring (bicyclic) bond motifs is 5. The minimum atomic E-state index is -0.196. The average Bonchev–Trinajstić information content (AvgIpc) is 3.77. The molecule has 1 saturated carbocycles. The third kappa shape index (κ3) is 6.83. The van der Waals surface area contributed by atoms with E-state index in [1.807, 2.05) is 26.8 Å². The highest BCUT2D eigenvalue weighted by Gasteiger charge is 2.26. The predicted octanol–water partition coefficient (Wildman–Crippen LogP) is 6.26. The van der Waals surface area contributed by atoms with Crippen LogP contribution >= 0.6 is 0 Å². The van der Waals surface area contributed by atoms with Gasteiger partial charge in [0.15, 0.2) is 41.3 Å². The summed E-state index contributed by atoms with van der Waals surface area (Å²) in [5.74, 6) is 7.25. The lowest BCUT2D eigenvalue weighted by Gasteiger charge is -2.25. The quantitative estimate of drug-likeness (QED) is 0.282. The molecular formula is C36H42N6O7. The zero-order valence-corrected chi connectivity index (χ0v) is 27.9. The molecule has 3 atom stereocenters. The molecule has 6 aliphatic rings. The summed E-state index contributed by atoms with van der Waals surface area (Å²) in [6, 6.07) is 13.5. The first-order chi connectivity index (χ1) is 23.7. The smallest absolute Gasteiger partial charge is 0.231 e. The average molecular weight is 671 g/mol. The number of hydrogen-bond donors (Lipinski definition) is 3. The molecule has 0 spiro atoms. The third-order valence-electron chi connectivity index (χ3n) is 9.13. The number of nitrogens with zero attached hydrogens (tertiary/aromatic N) is 3. The summed E-state index contributed by atoms with van der Waals surface area (Å²) in [6.07, 6.45) is 7.02. The Kier molecular flexibility index (Phi) is 8.98. The molecule has 1 fully saturated rings. The summed E-state index contributed by atoms with van der Waals surface area (Å²) in [4.78, 5) is 13.0. The van der Waals surface area contributed by atoms with Gasteiger partial charge >= 0.3 is 0 Å². The van der Waals surface area contributed by atoms with Gasteiger partial charge < -0.3 is 50.4 Å². The van der Waals surface area contributed by atoms with Crippen LogP contribution in [0.15, 0.2) is 57.4 Å². The number of aliphatic imine (C=N–C) groups is 3. The minimum absolute atomic E-state index is 0.113. The number of nitrogens with two attached hydrogens (primary N) is 3. The monoisotopic (exact) mass is 670 g/mol. The molecule has 13 nitrogen and oxygen atoms in total. The molecule has 1 aliphatic carbocycles. The summed E-state index contributed by atoms with van der Waals surface area (Å²) >= 11 is 0. The molecule has 49 heavy (non-hydrogen) atoms. The largest absolute Gasteiger partial charge is 0.481 e. The maximum atomic E-state index is 5.85. The van der Waals surface area contributed by atoms with Crippen molar-refractivity contribution < 1.29 is 33.2 Å². The molecule has 5 aliphatic heterocycles. The number of ether oxygens (including phenoxy) is 7. The van der Waals surface area contributed by atoms with Crippen molar-refractivity contribution in [2.24, 2.45) is 32.2 Å². The van der Waals surface area contributed by atoms with E-state index in [1.165, 1.54) is 37.7 Å². The highest BCUT2D eigenvalue weighted by atomic mass is 16.7. The predicted molar refractivity (Wildman–Crippen MR) is 186 cm³/mol. The van der Waals surface area contributed by atoms with Crippen molar-refractivity contribution in [3.63, 3.8) is 0 Å². The van der Waals surface area contributed by atoms with E-state index in [2.05, 4.69) is 27.1 Å². The molecule has 0 radical (unpaired) electrons. The molecule has 258 valence electrons. The SMILES string of the molecule is CC1Oc2cc3c(cc2N=C1N)OCO3.CC1Oc2ccc(C3CCCCC3)cc2N=C1N.CCC1Oc2cc3c(cc2N=C1N)OCO3. The van der Waals surface area contributed by atoms with Gasteiger partial charge in [-0.2, -0.15) is 0 Å². The van der Waals surface area contributed by atoms with Gasteiger partial charge in [-0.25, -0.2) is 15.0 Å². The lowest BCUT2D eigenvalue weighted by molar-refractivity contribution is 0.173. The van der Waals surface area contributed by atoms with Gasteiger partial charge in [0.05, 0.1) is 0 Å². The summed E-state index contributed by atoms with van der Waals surface area (Å²) in [6.45, 7) is 6.27. The van der Waals surface area contributed by atoms with E-state index < -0.39 is 0 Å². The molecule has 9 rings (SSSR count). The van der Waals surface area contributed by atoms with Crippen LogP contribution in [0, 0.1) is 0 Å². The first-order valence-corrected chi connectivity index (χ1v) is 16.8. The number of benzene rings is 3. The molecule has 13 heteroatoms. The van der Waals surface area contributed by atoms with E-state index in [0.717, 1.165) is 17.9 Å². The fourth-order valence-corrected chi connectivity index (χ4v) is 6.28. The molecule has 3 aromatic rings. The fourth-order valence-electron chi connectivity index (χ4n) is 6.28. The van der Waals surface area contributed by atoms with Crippen LogP contribution in [0.1, 0.15) is 70.8 Å². The second kappa shape index (κ2) is 13.7. The van der Waals surface area contributed by atoms with Gasteiger partial charge in [0.1, 0.15) is 51.8 Å². The Morgan fingerprint density at radius 1 is 0.571 bits per heavy atom. The molecule has 0 saturated heterocycles. The Morgan fingerprint density at radius 2 is 1.06 bits per heavy atom. The highest BCUT2D eigenvalue weighted by Crippen LogP contribution is 2.45. The van der Waals surface area contributed by atoms with Gasteiger partial charge in [-0.15, -0.1) is 0 Å². The van der Waals surface area contributed by atoms with E-state index in [0.29, 0.717) is 69.3 Å². The van der Waals surface area contributed by atoms with Crippen molar-refractivity contribution in [3.8, 4) is 40.2 Å². The first kappa shape index (κ1) is 32.2. The number of rotatable bonds is 2. The Balaban J connectivity index is 0.000000116. The van der Waals surface area contributed by atoms with Crippen molar-refractivity contribution in [3.05, 3.63) is 48.0 Å². The Hall–Kier alpha value is -5.33. The van der Waals surface area contributed by atoms with Gasteiger partial charge in [0.2, 0.25) is 13.6 Å². The molecule has 0 amide bonds. The Labute approximate surface area is 285 Å². The maximum absolute atomic E-state index is 5.85. The van der Waals surface area contributed by atoms with Gasteiger partial charge in [0.25, 0.3) is 0 Å². The van der Waals surface area contributed by atoms with Crippen LogP contribution in [0.4, 0.5) is 17.1 Å². The van der Waals surface area contributed by atoms with Crippen molar-refractivity contribution >= 4 is 34.6 Å². The minimum Gasteiger partial charge on any atom is -0.481 e. The zero-order valence-electron chi connectivity index (χ0n) is 27.9. The van der Waals surface area contributed by atoms with Crippen LogP contribution in [0.5, 0.6) is 40.2 Å².